The van der Waals surface area contributed by atoms with Gasteiger partial charge >= 0.3 is 6.09 Å². The average molecular weight is 432 g/mol. The van der Waals surface area contributed by atoms with Crippen molar-refractivity contribution < 1.29 is 14.3 Å². The molecule has 3 rings (SSSR count). The molecule has 32 heavy (non-hydrogen) atoms. The number of benzene rings is 3. The van der Waals surface area contributed by atoms with Gasteiger partial charge in [-0.1, -0.05) is 72.8 Å². The zero-order valence-electron chi connectivity index (χ0n) is 19.6. The molecule has 0 heterocycles. The van der Waals surface area contributed by atoms with Crippen molar-refractivity contribution >= 4 is 6.09 Å². The molecule has 0 aromatic heterocycles. The molecule has 1 amide bonds. The van der Waals surface area contributed by atoms with Crippen LogP contribution in [0.3, 0.4) is 0 Å². The second-order valence-corrected chi connectivity index (χ2v) is 8.95. The SMILES string of the molecule is COc1ccc([C@H](C)N(C(=O)OC(C)(C)C)[C@H](Cc2ccccc2)c2ccccc2)cc1. The number of carbonyl (C=O) groups is 1. The van der Waals surface area contributed by atoms with Crippen molar-refractivity contribution in [2.24, 2.45) is 0 Å². The molecule has 0 unspecified atom stereocenters. The fraction of sp³-hybridized carbons (Fsp3) is 0.321. The molecule has 0 saturated heterocycles. The molecule has 0 aliphatic heterocycles. The van der Waals surface area contributed by atoms with E-state index < -0.39 is 5.60 Å². The Morgan fingerprint density at radius 1 is 0.844 bits per heavy atom. The van der Waals surface area contributed by atoms with Crippen LogP contribution in [0.15, 0.2) is 84.9 Å². The number of rotatable bonds is 7. The van der Waals surface area contributed by atoms with E-state index in [1.807, 2.05) is 93.3 Å². The summed E-state index contributed by atoms with van der Waals surface area (Å²) in [5.41, 5.74) is 2.66. The zero-order valence-corrected chi connectivity index (χ0v) is 19.6. The first-order valence-corrected chi connectivity index (χ1v) is 11.0. The van der Waals surface area contributed by atoms with Gasteiger partial charge in [-0.3, -0.25) is 4.90 Å². The van der Waals surface area contributed by atoms with Crippen LogP contribution >= 0.6 is 0 Å². The summed E-state index contributed by atoms with van der Waals surface area (Å²) in [5.74, 6) is 0.786. The first-order chi connectivity index (χ1) is 15.3. The second-order valence-electron chi connectivity index (χ2n) is 8.95. The molecule has 0 aliphatic rings. The molecule has 0 radical (unpaired) electrons. The van der Waals surface area contributed by atoms with Crippen LogP contribution in [0.2, 0.25) is 0 Å². The summed E-state index contributed by atoms with van der Waals surface area (Å²) in [5, 5.41) is 0. The lowest BCUT2D eigenvalue weighted by molar-refractivity contribution is 0.00578. The number of ether oxygens (including phenoxy) is 2. The van der Waals surface area contributed by atoms with E-state index in [-0.39, 0.29) is 18.2 Å². The van der Waals surface area contributed by atoms with Crippen LogP contribution in [0.25, 0.3) is 0 Å². The minimum absolute atomic E-state index is 0.189. The third-order valence-corrected chi connectivity index (χ3v) is 5.41. The fourth-order valence-corrected chi connectivity index (χ4v) is 3.80. The Balaban J connectivity index is 2.06. The quantitative estimate of drug-likeness (QED) is 0.405. The van der Waals surface area contributed by atoms with Gasteiger partial charge in [-0.25, -0.2) is 4.79 Å². The van der Waals surface area contributed by atoms with Crippen molar-refractivity contribution in [2.75, 3.05) is 7.11 Å². The number of nitrogens with zero attached hydrogens (tertiary/aromatic N) is 1. The van der Waals surface area contributed by atoms with Gasteiger partial charge in [0, 0.05) is 0 Å². The van der Waals surface area contributed by atoms with Crippen molar-refractivity contribution in [1.82, 2.24) is 4.90 Å². The van der Waals surface area contributed by atoms with Crippen LogP contribution in [0.4, 0.5) is 4.79 Å². The Labute approximate surface area is 191 Å². The Kier molecular flexibility index (Phi) is 7.57. The Morgan fingerprint density at radius 3 is 1.94 bits per heavy atom. The highest BCUT2D eigenvalue weighted by atomic mass is 16.6. The Hall–Kier alpha value is -3.27. The predicted octanol–water partition coefficient (Wildman–Crippen LogP) is 6.98. The van der Waals surface area contributed by atoms with Gasteiger partial charge in [0.05, 0.1) is 19.2 Å². The van der Waals surface area contributed by atoms with E-state index in [4.69, 9.17) is 9.47 Å². The molecule has 0 fully saturated rings. The number of hydrogen-bond donors (Lipinski definition) is 0. The van der Waals surface area contributed by atoms with E-state index in [9.17, 15) is 4.79 Å². The van der Waals surface area contributed by atoms with Gasteiger partial charge < -0.3 is 9.47 Å². The fourth-order valence-electron chi connectivity index (χ4n) is 3.80. The smallest absolute Gasteiger partial charge is 0.411 e. The molecule has 168 valence electrons. The molecule has 0 aliphatic carbocycles. The van der Waals surface area contributed by atoms with E-state index in [0.717, 1.165) is 22.4 Å². The summed E-state index contributed by atoms with van der Waals surface area (Å²) in [6.07, 6.45) is 0.357. The van der Waals surface area contributed by atoms with E-state index in [2.05, 4.69) is 24.3 Å². The van der Waals surface area contributed by atoms with Crippen LogP contribution in [0.5, 0.6) is 5.75 Å². The molecule has 0 saturated carbocycles. The summed E-state index contributed by atoms with van der Waals surface area (Å²) >= 11 is 0. The van der Waals surface area contributed by atoms with Gasteiger partial charge in [0.1, 0.15) is 11.4 Å². The molecule has 3 aromatic carbocycles. The number of methoxy groups -OCH3 is 1. The van der Waals surface area contributed by atoms with Gasteiger partial charge in [-0.15, -0.1) is 0 Å². The van der Waals surface area contributed by atoms with Gasteiger partial charge in [-0.05, 0) is 62.9 Å². The maximum absolute atomic E-state index is 13.6. The lowest BCUT2D eigenvalue weighted by Crippen LogP contribution is -2.41. The lowest BCUT2D eigenvalue weighted by atomic mass is 9.95. The molecule has 3 aromatic rings. The summed E-state index contributed by atoms with van der Waals surface area (Å²) < 4.78 is 11.2. The maximum Gasteiger partial charge on any atom is 0.411 e. The van der Waals surface area contributed by atoms with Crippen LogP contribution in [-0.2, 0) is 11.2 Å². The molecule has 0 bridgehead atoms. The third kappa shape index (κ3) is 6.13. The van der Waals surface area contributed by atoms with Crippen LogP contribution in [0, 0.1) is 0 Å². The largest absolute Gasteiger partial charge is 0.497 e. The minimum atomic E-state index is -0.594. The van der Waals surface area contributed by atoms with Gasteiger partial charge in [0.15, 0.2) is 0 Å². The highest BCUT2D eigenvalue weighted by Crippen LogP contribution is 2.35. The second kappa shape index (κ2) is 10.4. The topological polar surface area (TPSA) is 38.8 Å². The summed E-state index contributed by atoms with van der Waals surface area (Å²) in [6, 6.07) is 27.9. The molecular formula is C28H33NO3. The van der Waals surface area contributed by atoms with Crippen molar-refractivity contribution in [3.05, 3.63) is 102 Å². The van der Waals surface area contributed by atoms with E-state index in [1.54, 1.807) is 7.11 Å². The Bertz CT molecular complexity index is 979. The molecule has 2 atom stereocenters. The van der Waals surface area contributed by atoms with Gasteiger partial charge in [0.25, 0.3) is 0 Å². The van der Waals surface area contributed by atoms with Crippen molar-refractivity contribution in [3.63, 3.8) is 0 Å². The van der Waals surface area contributed by atoms with Crippen molar-refractivity contribution in [3.8, 4) is 5.75 Å². The molecule has 4 heteroatoms. The molecule has 4 nitrogen and oxygen atoms in total. The van der Waals surface area contributed by atoms with Crippen LogP contribution in [-0.4, -0.2) is 23.7 Å². The highest BCUT2D eigenvalue weighted by molar-refractivity contribution is 5.70. The number of hydrogen-bond acceptors (Lipinski definition) is 3. The van der Waals surface area contributed by atoms with E-state index >= 15 is 0 Å². The van der Waals surface area contributed by atoms with Crippen LogP contribution < -0.4 is 4.74 Å². The summed E-state index contributed by atoms with van der Waals surface area (Å²) in [6.45, 7) is 7.74. The normalized spacial score (nSPS) is 13.2. The lowest BCUT2D eigenvalue weighted by Gasteiger charge is -2.38. The molecule has 0 N–H and O–H groups in total. The average Bonchev–Trinajstić information content (AvgIpc) is 2.78. The minimum Gasteiger partial charge on any atom is -0.497 e. The van der Waals surface area contributed by atoms with E-state index in [1.165, 1.54) is 0 Å². The third-order valence-electron chi connectivity index (χ3n) is 5.41. The summed E-state index contributed by atoms with van der Waals surface area (Å²) in [7, 11) is 1.65. The standard InChI is InChI=1S/C28H33NO3/c1-21(23-16-18-25(31-5)19-17-23)29(27(30)32-28(2,3)4)26(24-14-10-7-11-15-24)20-22-12-8-6-9-13-22/h6-19,21,26H,20H2,1-5H3/t21-,26+/m0/s1. The van der Waals surface area contributed by atoms with Gasteiger partial charge in [0.2, 0.25) is 0 Å². The maximum atomic E-state index is 13.6. The summed E-state index contributed by atoms with van der Waals surface area (Å²) in [4.78, 5) is 15.5. The molecule has 0 spiro atoms. The monoisotopic (exact) mass is 431 g/mol. The number of amides is 1. The van der Waals surface area contributed by atoms with Crippen molar-refractivity contribution in [1.29, 1.82) is 0 Å². The molecular weight excluding hydrogens is 398 g/mol. The predicted molar refractivity (Wildman–Crippen MR) is 129 cm³/mol. The van der Waals surface area contributed by atoms with Gasteiger partial charge in [-0.2, -0.15) is 0 Å². The van der Waals surface area contributed by atoms with Crippen molar-refractivity contribution in [2.45, 2.75) is 51.8 Å². The highest BCUT2D eigenvalue weighted by Gasteiger charge is 2.34. The number of carbonyl (C=O) groups excluding carboxylic acids is 1. The first-order valence-electron chi connectivity index (χ1n) is 11.0. The Morgan fingerprint density at radius 2 is 1.41 bits per heavy atom. The van der Waals surface area contributed by atoms with E-state index in [0.29, 0.717) is 6.42 Å². The first kappa shape index (κ1) is 23.4. The van der Waals surface area contributed by atoms with Crippen LogP contribution in [0.1, 0.15) is 56.5 Å². The zero-order chi connectivity index (χ0) is 23.1.